The van der Waals surface area contributed by atoms with E-state index in [0.29, 0.717) is 9.79 Å². The van der Waals surface area contributed by atoms with Crippen LogP contribution in [0, 0.1) is 6.92 Å². The molecule has 0 amide bonds. The fourth-order valence-electron chi connectivity index (χ4n) is 3.33. The third-order valence-corrected chi connectivity index (χ3v) is 7.19. The van der Waals surface area contributed by atoms with Gasteiger partial charge in [-0.25, -0.2) is 8.42 Å². The Morgan fingerprint density at radius 2 is 1.60 bits per heavy atom. The Morgan fingerprint density at radius 1 is 0.960 bits per heavy atom. The van der Waals surface area contributed by atoms with Crippen LogP contribution < -0.4 is 0 Å². The zero-order valence-corrected chi connectivity index (χ0v) is 16.9. The minimum atomic E-state index is -3.46. The van der Waals surface area contributed by atoms with E-state index in [1.807, 2.05) is 19.1 Å². The van der Waals surface area contributed by atoms with Crippen LogP contribution in [-0.2, 0) is 16.3 Å². The number of nitrogens with zero attached hydrogens (tertiary/aromatic N) is 1. The molecule has 25 heavy (non-hydrogen) atoms. The lowest BCUT2D eigenvalue weighted by Gasteiger charge is -2.26. The van der Waals surface area contributed by atoms with Crippen molar-refractivity contribution in [2.75, 3.05) is 19.6 Å². The van der Waals surface area contributed by atoms with Gasteiger partial charge in [0.2, 0.25) is 9.84 Å². The molecule has 2 aromatic rings. The van der Waals surface area contributed by atoms with Crippen molar-refractivity contribution >= 4 is 25.8 Å². The maximum atomic E-state index is 12.8. The summed E-state index contributed by atoms with van der Waals surface area (Å²) in [5.41, 5.74) is 2.29. The van der Waals surface area contributed by atoms with Crippen LogP contribution in [0.5, 0.6) is 0 Å². The van der Waals surface area contributed by atoms with Crippen molar-refractivity contribution in [2.45, 2.75) is 42.4 Å². The molecule has 0 aromatic heterocycles. The number of piperidine rings is 1. The first kappa shape index (κ1) is 18.6. The van der Waals surface area contributed by atoms with E-state index in [0.717, 1.165) is 23.0 Å². The molecule has 1 heterocycles. The summed E-state index contributed by atoms with van der Waals surface area (Å²) < 4.78 is 26.5. The third kappa shape index (κ3) is 4.52. The Morgan fingerprint density at radius 3 is 2.24 bits per heavy atom. The van der Waals surface area contributed by atoms with Crippen molar-refractivity contribution in [3.8, 4) is 0 Å². The molecule has 5 heteroatoms. The number of halogens is 1. The predicted octanol–water partition coefficient (Wildman–Crippen LogP) is 4.62. The first-order valence-corrected chi connectivity index (χ1v) is 11.1. The van der Waals surface area contributed by atoms with E-state index >= 15 is 0 Å². The van der Waals surface area contributed by atoms with Gasteiger partial charge in [-0.05, 0) is 86.8 Å². The average Bonchev–Trinajstić information content (AvgIpc) is 2.62. The molecule has 1 aliphatic rings. The molecule has 3 nitrogen and oxygen atoms in total. The van der Waals surface area contributed by atoms with Gasteiger partial charge >= 0.3 is 0 Å². The summed E-state index contributed by atoms with van der Waals surface area (Å²) in [4.78, 5) is 3.21. The molecule has 1 fully saturated rings. The highest BCUT2D eigenvalue weighted by atomic mass is 79.9. The van der Waals surface area contributed by atoms with Crippen LogP contribution in [0.2, 0.25) is 0 Å². The number of hydrogen-bond acceptors (Lipinski definition) is 3. The van der Waals surface area contributed by atoms with Gasteiger partial charge < -0.3 is 4.90 Å². The summed E-state index contributed by atoms with van der Waals surface area (Å²) in [5.74, 6) is 0. The van der Waals surface area contributed by atoms with E-state index in [2.05, 4.69) is 20.8 Å². The van der Waals surface area contributed by atoms with Crippen molar-refractivity contribution in [3.63, 3.8) is 0 Å². The van der Waals surface area contributed by atoms with Crippen LogP contribution in [-0.4, -0.2) is 33.0 Å². The Hall–Kier alpha value is -1.17. The number of aryl methyl sites for hydroxylation is 1. The van der Waals surface area contributed by atoms with E-state index in [4.69, 9.17) is 0 Å². The SMILES string of the molecule is Cc1cc(S(=O)(=O)c2ccc(Br)cc2)ccc1CCN1CCCCC1. The summed E-state index contributed by atoms with van der Waals surface area (Å²) in [5, 5.41) is 0. The smallest absolute Gasteiger partial charge is 0.206 e. The summed E-state index contributed by atoms with van der Waals surface area (Å²) in [6, 6.07) is 12.3. The van der Waals surface area contributed by atoms with E-state index in [1.54, 1.807) is 30.3 Å². The van der Waals surface area contributed by atoms with Gasteiger partial charge in [0.25, 0.3) is 0 Å². The van der Waals surface area contributed by atoms with Gasteiger partial charge in [-0.2, -0.15) is 0 Å². The molecule has 3 rings (SSSR count). The molecule has 0 bridgehead atoms. The van der Waals surface area contributed by atoms with Gasteiger partial charge in [0, 0.05) is 11.0 Å². The van der Waals surface area contributed by atoms with Gasteiger partial charge in [-0.1, -0.05) is 28.4 Å². The molecular weight excluding hydrogens is 398 g/mol. The van der Waals surface area contributed by atoms with Crippen LogP contribution in [0.3, 0.4) is 0 Å². The highest BCUT2D eigenvalue weighted by Crippen LogP contribution is 2.25. The summed E-state index contributed by atoms with van der Waals surface area (Å²) in [6.07, 6.45) is 4.91. The summed E-state index contributed by atoms with van der Waals surface area (Å²) in [6.45, 7) is 5.44. The first-order valence-electron chi connectivity index (χ1n) is 8.79. The summed E-state index contributed by atoms with van der Waals surface area (Å²) >= 11 is 3.34. The molecule has 1 saturated heterocycles. The van der Waals surface area contributed by atoms with Crippen molar-refractivity contribution < 1.29 is 8.42 Å². The van der Waals surface area contributed by atoms with Crippen LogP contribution in [0.1, 0.15) is 30.4 Å². The van der Waals surface area contributed by atoms with Crippen molar-refractivity contribution in [1.29, 1.82) is 0 Å². The topological polar surface area (TPSA) is 37.4 Å². The highest BCUT2D eigenvalue weighted by molar-refractivity contribution is 9.10. The van der Waals surface area contributed by atoms with Gasteiger partial charge in [0.15, 0.2) is 0 Å². The van der Waals surface area contributed by atoms with Gasteiger partial charge in [-0.3, -0.25) is 0 Å². The molecule has 0 aliphatic carbocycles. The Bertz CT molecular complexity index is 825. The molecule has 2 aromatic carbocycles. The van der Waals surface area contributed by atoms with Gasteiger partial charge in [0.1, 0.15) is 0 Å². The van der Waals surface area contributed by atoms with Crippen molar-refractivity contribution in [2.24, 2.45) is 0 Å². The molecule has 1 aliphatic heterocycles. The number of benzene rings is 2. The highest BCUT2D eigenvalue weighted by Gasteiger charge is 2.18. The molecular formula is C20H24BrNO2S. The second kappa shape index (κ2) is 8.02. The van der Waals surface area contributed by atoms with E-state index in [9.17, 15) is 8.42 Å². The van der Waals surface area contributed by atoms with Crippen LogP contribution in [0.4, 0.5) is 0 Å². The largest absolute Gasteiger partial charge is 0.303 e. The first-order chi connectivity index (χ1) is 12.0. The van der Waals surface area contributed by atoms with Crippen LogP contribution >= 0.6 is 15.9 Å². The molecule has 0 saturated carbocycles. The molecule has 134 valence electrons. The number of likely N-dealkylation sites (tertiary alicyclic amines) is 1. The van der Waals surface area contributed by atoms with Crippen molar-refractivity contribution in [3.05, 3.63) is 58.1 Å². The molecule has 0 radical (unpaired) electrons. The average molecular weight is 422 g/mol. The van der Waals surface area contributed by atoms with Gasteiger partial charge in [0.05, 0.1) is 9.79 Å². The van der Waals surface area contributed by atoms with E-state index < -0.39 is 9.84 Å². The fraction of sp³-hybridized carbons (Fsp3) is 0.400. The standard InChI is InChI=1S/C20H24BrNO2S/c1-16-15-20(25(23,24)19-9-6-18(21)7-10-19)8-5-17(16)11-14-22-12-3-2-4-13-22/h5-10,15H,2-4,11-14H2,1H3. The second-order valence-corrected chi connectivity index (χ2v) is 9.56. The Kier molecular flexibility index (Phi) is 5.97. The maximum absolute atomic E-state index is 12.8. The molecule has 0 spiro atoms. The van der Waals surface area contributed by atoms with E-state index in [-0.39, 0.29) is 0 Å². The minimum absolute atomic E-state index is 0.330. The lowest BCUT2D eigenvalue weighted by atomic mass is 10.0. The fourth-order valence-corrected chi connectivity index (χ4v) is 4.94. The van der Waals surface area contributed by atoms with Crippen LogP contribution in [0.15, 0.2) is 56.7 Å². The Labute approximate surface area is 159 Å². The summed E-state index contributed by atoms with van der Waals surface area (Å²) in [7, 11) is -3.46. The monoisotopic (exact) mass is 421 g/mol. The van der Waals surface area contributed by atoms with Crippen molar-refractivity contribution in [1.82, 2.24) is 4.90 Å². The van der Waals surface area contributed by atoms with Crippen LogP contribution in [0.25, 0.3) is 0 Å². The number of hydrogen-bond donors (Lipinski definition) is 0. The van der Waals surface area contributed by atoms with Gasteiger partial charge in [-0.15, -0.1) is 0 Å². The minimum Gasteiger partial charge on any atom is -0.303 e. The predicted molar refractivity (Wildman–Crippen MR) is 105 cm³/mol. The number of sulfone groups is 1. The normalized spacial score (nSPS) is 16.1. The Balaban J connectivity index is 1.75. The molecule has 0 N–H and O–H groups in total. The third-order valence-electron chi connectivity index (χ3n) is 4.89. The lowest BCUT2D eigenvalue weighted by Crippen LogP contribution is -2.31. The lowest BCUT2D eigenvalue weighted by molar-refractivity contribution is 0.231. The zero-order chi connectivity index (χ0) is 17.9. The van der Waals surface area contributed by atoms with E-state index in [1.165, 1.54) is 37.9 Å². The second-order valence-electron chi connectivity index (χ2n) is 6.70. The number of rotatable bonds is 5. The zero-order valence-electron chi connectivity index (χ0n) is 14.5. The molecule has 0 atom stereocenters. The quantitative estimate of drug-likeness (QED) is 0.706. The maximum Gasteiger partial charge on any atom is 0.206 e. The molecule has 0 unspecified atom stereocenters.